The molecule has 28 heavy (non-hydrogen) atoms. The summed E-state index contributed by atoms with van der Waals surface area (Å²) in [5.74, 6) is 3.38. The van der Waals surface area contributed by atoms with Crippen molar-refractivity contribution in [1.29, 1.82) is 0 Å². The molecule has 0 atom stereocenters. The fourth-order valence-electron chi connectivity index (χ4n) is 2.36. The maximum Gasteiger partial charge on any atom is 0.226 e. The van der Waals surface area contributed by atoms with Gasteiger partial charge in [0.15, 0.2) is 11.8 Å². The first-order valence-electron chi connectivity index (χ1n) is 9.32. The second-order valence-electron chi connectivity index (χ2n) is 6.22. The molecule has 9 heteroatoms. The van der Waals surface area contributed by atoms with Crippen LogP contribution in [0.3, 0.4) is 0 Å². The minimum atomic E-state index is 0. The number of aliphatic imine (C=N–C) groups is 1. The molecule has 3 N–H and O–H groups in total. The zero-order valence-corrected chi connectivity index (χ0v) is 19.2. The van der Waals surface area contributed by atoms with Gasteiger partial charge in [0.2, 0.25) is 5.89 Å². The second-order valence-corrected chi connectivity index (χ2v) is 6.22. The SMILES string of the molecule is CCOc1ccc(OCC)c(NC(N)=NCCCc2nc(C(C)C)no2)c1.I. The molecule has 0 unspecified atom stereocenters. The number of nitrogens with one attached hydrogen (secondary N) is 1. The van der Waals surface area contributed by atoms with E-state index in [1.165, 1.54) is 0 Å². The Morgan fingerprint density at radius 2 is 2.00 bits per heavy atom. The molecule has 1 aromatic carbocycles. The highest BCUT2D eigenvalue weighted by Crippen LogP contribution is 2.29. The molecule has 1 aromatic heterocycles. The van der Waals surface area contributed by atoms with Crippen LogP contribution in [-0.4, -0.2) is 35.9 Å². The van der Waals surface area contributed by atoms with Crippen molar-refractivity contribution < 1.29 is 14.0 Å². The van der Waals surface area contributed by atoms with Gasteiger partial charge in [-0.05, 0) is 32.4 Å². The summed E-state index contributed by atoms with van der Waals surface area (Å²) in [6.07, 6.45) is 1.43. The Hall–Kier alpha value is -2.04. The minimum Gasteiger partial charge on any atom is -0.494 e. The maximum atomic E-state index is 6.01. The van der Waals surface area contributed by atoms with Crippen LogP contribution in [0.25, 0.3) is 0 Å². The van der Waals surface area contributed by atoms with E-state index < -0.39 is 0 Å². The van der Waals surface area contributed by atoms with Gasteiger partial charge < -0.3 is 25.0 Å². The lowest BCUT2D eigenvalue weighted by atomic mass is 10.2. The van der Waals surface area contributed by atoms with Gasteiger partial charge in [-0.25, -0.2) is 0 Å². The van der Waals surface area contributed by atoms with E-state index >= 15 is 0 Å². The Balaban J connectivity index is 0.00000392. The van der Waals surface area contributed by atoms with Gasteiger partial charge in [-0.15, -0.1) is 24.0 Å². The van der Waals surface area contributed by atoms with Gasteiger partial charge in [0.25, 0.3) is 0 Å². The van der Waals surface area contributed by atoms with Crippen molar-refractivity contribution in [2.24, 2.45) is 10.7 Å². The molecule has 0 aliphatic heterocycles. The summed E-state index contributed by atoms with van der Waals surface area (Å²) in [5, 5.41) is 7.03. The van der Waals surface area contributed by atoms with Crippen molar-refractivity contribution in [2.75, 3.05) is 25.1 Å². The molecular formula is C19H30IN5O3. The molecule has 0 saturated heterocycles. The molecule has 2 aromatic rings. The number of hydrogen-bond donors (Lipinski definition) is 2. The van der Waals surface area contributed by atoms with Crippen LogP contribution in [0.1, 0.15) is 51.7 Å². The minimum absolute atomic E-state index is 0. The fourth-order valence-corrected chi connectivity index (χ4v) is 2.36. The monoisotopic (exact) mass is 503 g/mol. The molecule has 0 amide bonds. The highest BCUT2D eigenvalue weighted by molar-refractivity contribution is 14.0. The van der Waals surface area contributed by atoms with Crippen molar-refractivity contribution >= 4 is 35.6 Å². The lowest BCUT2D eigenvalue weighted by molar-refractivity contribution is 0.332. The quantitative estimate of drug-likeness (QED) is 0.219. The Labute approximate surface area is 183 Å². The normalized spacial score (nSPS) is 11.2. The molecule has 1 heterocycles. The highest BCUT2D eigenvalue weighted by atomic mass is 127. The van der Waals surface area contributed by atoms with Crippen LogP contribution >= 0.6 is 24.0 Å². The van der Waals surface area contributed by atoms with E-state index in [4.69, 9.17) is 19.7 Å². The number of anilines is 1. The van der Waals surface area contributed by atoms with E-state index in [0.29, 0.717) is 43.8 Å². The smallest absolute Gasteiger partial charge is 0.226 e. The third kappa shape index (κ3) is 7.53. The molecular weight excluding hydrogens is 473 g/mol. The molecule has 0 aliphatic carbocycles. The summed E-state index contributed by atoms with van der Waals surface area (Å²) < 4.78 is 16.4. The fraction of sp³-hybridized carbons (Fsp3) is 0.526. The number of halogens is 1. The van der Waals surface area contributed by atoms with Crippen LogP contribution in [0.15, 0.2) is 27.7 Å². The van der Waals surface area contributed by atoms with E-state index in [-0.39, 0.29) is 29.9 Å². The Morgan fingerprint density at radius 1 is 1.25 bits per heavy atom. The van der Waals surface area contributed by atoms with Crippen LogP contribution in [0.2, 0.25) is 0 Å². The molecule has 0 saturated carbocycles. The summed E-state index contributed by atoms with van der Waals surface area (Å²) in [4.78, 5) is 8.70. The first-order chi connectivity index (χ1) is 13.0. The number of aromatic nitrogens is 2. The van der Waals surface area contributed by atoms with Gasteiger partial charge in [0.05, 0.1) is 18.9 Å². The number of guanidine groups is 1. The number of nitrogens with two attached hydrogens (primary N) is 1. The summed E-state index contributed by atoms with van der Waals surface area (Å²) in [7, 11) is 0. The molecule has 0 aliphatic rings. The molecule has 0 bridgehead atoms. The van der Waals surface area contributed by atoms with Crippen LogP contribution in [0, 0.1) is 0 Å². The van der Waals surface area contributed by atoms with Crippen molar-refractivity contribution in [3.8, 4) is 11.5 Å². The van der Waals surface area contributed by atoms with Crippen molar-refractivity contribution in [2.45, 2.75) is 46.5 Å². The molecule has 156 valence electrons. The van der Waals surface area contributed by atoms with Crippen LogP contribution in [0.5, 0.6) is 11.5 Å². The van der Waals surface area contributed by atoms with Crippen LogP contribution in [-0.2, 0) is 6.42 Å². The maximum absolute atomic E-state index is 6.01. The van der Waals surface area contributed by atoms with Gasteiger partial charge in [0, 0.05) is 24.9 Å². The molecule has 2 rings (SSSR count). The average Bonchev–Trinajstić information content (AvgIpc) is 3.11. The summed E-state index contributed by atoms with van der Waals surface area (Å²) in [6, 6.07) is 5.57. The third-order valence-electron chi connectivity index (χ3n) is 3.66. The zero-order valence-electron chi connectivity index (χ0n) is 16.9. The number of benzene rings is 1. The number of ether oxygens (including phenoxy) is 2. The van der Waals surface area contributed by atoms with E-state index in [1.807, 2.05) is 45.9 Å². The predicted molar refractivity (Wildman–Crippen MR) is 121 cm³/mol. The number of rotatable bonds is 10. The first kappa shape index (κ1) is 24.0. The Morgan fingerprint density at radius 3 is 2.64 bits per heavy atom. The van der Waals surface area contributed by atoms with Gasteiger partial charge in [-0.1, -0.05) is 19.0 Å². The van der Waals surface area contributed by atoms with Crippen molar-refractivity contribution in [3.63, 3.8) is 0 Å². The van der Waals surface area contributed by atoms with Gasteiger partial charge in [0.1, 0.15) is 11.5 Å². The van der Waals surface area contributed by atoms with E-state index in [1.54, 1.807) is 0 Å². The number of nitrogens with zero attached hydrogens (tertiary/aromatic N) is 3. The Kier molecular flexibility index (Phi) is 10.6. The average molecular weight is 503 g/mol. The van der Waals surface area contributed by atoms with Crippen LogP contribution in [0.4, 0.5) is 5.69 Å². The van der Waals surface area contributed by atoms with E-state index in [0.717, 1.165) is 23.7 Å². The summed E-state index contributed by atoms with van der Waals surface area (Å²) >= 11 is 0. The molecule has 0 radical (unpaired) electrons. The van der Waals surface area contributed by atoms with Gasteiger partial charge >= 0.3 is 0 Å². The third-order valence-corrected chi connectivity index (χ3v) is 3.66. The largest absolute Gasteiger partial charge is 0.494 e. The lowest BCUT2D eigenvalue weighted by Gasteiger charge is -2.13. The van der Waals surface area contributed by atoms with Gasteiger partial charge in [-0.2, -0.15) is 4.98 Å². The molecule has 0 fully saturated rings. The van der Waals surface area contributed by atoms with Gasteiger partial charge in [-0.3, -0.25) is 4.99 Å². The molecule has 8 nitrogen and oxygen atoms in total. The standard InChI is InChI=1S/C19H29N5O3.HI/c1-5-25-14-9-10-16(26-6-2)15(12-14)22-19(20)21-11-7-8-17-23-18(13(3)4)24-27-17;/h9-10,12-13H,5-8,11H2,1-4H3,(H3,20,21,22);1H. The predicted octanol–water partition coefficient (Wildman–Crippen LogP) is 3.97. The lowest BCUT2D eigenvalue weighted by Crippen LogP contribution is -2.23. The molecule has 0 spiro atoms. The van der Waals surface area contributed by atoms with E-state index in [2.05, 4.69) is 20.4 Å². The van der Waals surface area contributed by atoms with Crippen LogP contribution < -0.4 is 20.5 Å². The number of aryl methyl sites for hydroxylation is 1. The van der Waals surface area contributed by atoms with Crippen molar-refractivity contribution in [3.05, 3.63) is 29.9 Å². The first-order valence-corrected chi connectivity index (χ1v) is 9.32. The second kappa shape index (κ2) is 12.4. The van der Waals surface area contributed by atoms with Crippen molar-refractivity contribution in [1.82, 2.24) is 10.1 Å². The Bertz CT molecular complexity index is 749. The summed E-state index contributed by atoms with van der Waals surface area (Å²) in [6.45, 7) is 9.62. The highest BCUT2D eigenvalue weighted by Gasteiger charge is 2.09. The number of hydrogen-bond acceptors (Lipinski definition) is 6. The van der Waals surface area contributed by atoms with E-state index in [9.17, 15) is 0 Å². The zero-order chi connectivity index (χ0) is 19.6. The summed E-state index contributed by atoms with van der Waals surface area (Å²) in [5.41, 5.74) is 6.73. The topological polar surface area (TPSA) is 108 Å².